The standard InChI is InChI=1S/C14H24/c1-13(2,3)11-9-7-8-10-12-14(4,5)6/h7-12H,1-6H3/b8-7+,11-9+,12-10+. The summed E-state index contributed by atoms with van der Waals surface area (Å²) in [7, 11) is 0. The Balaban J connectivity index is 3.99. The molecule has 80 valence electrons. The molecule has 0 rings (SSSR count). The first-order chi connectivity index (χ1) is 6.21. The van der Waals surface area contributed by atoms with E-state index in [2.05, 4.69) is 78.0 Å². The van der Waals surface area contributed by atoms with Crippen LogP contribution in [-0.2, 0) is 0 Å². The second-order valence-electron chi connectivity index (χ2n) is 5.84. The highest BCUT2D eigenvalue weighted by Crippen LogP contribution is 2.15. The Morgan fingerprint density at radius 3 is 1.00 bits per heavy atom. The monoisotopic (exact) mass is 192 g/mol. The maximum Gasteiger partial charge on any atom is -0.0200 e. The molecule has 0 aliphatic rings. The summed E-state index contributed by atoms with van der Waals surface area (Å²) < 4.78 is 0. The smallest absolute Gasteiger partial charge is 0.0200 e. The molecule has 0 aliphatic carbocycles. The van der Waals surface area contributed by atoms with Crippen LogP contribution in [0.25, 0.3) is 0 Å². The van der Waals surface area contributed by atoms with Crippen molar-refractivity contribution in [3.05, 3.63) is 36.5 Å². The lowest BCUT2D eigenvalue weighted by Gasteiger charge is -2.10. The van der Waals surface area contributed by atoms with E-state index in [0.717, 1.165) is 0 Å². The van der Waals surface area contributed by atoms with Crippen molar-refractivity contribution in [2.75, 3.05) is 0 Å². The van der Waals surface area contributed by atoms with E-state index in [-0.39, 0.29) is 10.8 Å². The first kappa shape index (κ1) is 13.2. The Hall–Kier alpha value is -0.780. The predicted molar refractivity (Wildman–Crippen MR) is 66.3 cm³/mol. The summed E-state index contributed by atoms with van der Waals surface area (Å²) in [6, 6.07) is 0. The van der Waals surface area contributed by atoms with Gasteiger partial charge in [-0.1, -0.05) is 78.0 Å². The van der Waals surface area contributed by atoms with Crippen LogP contribution in [0.4, 0.5) is 0 Å². The molecule has 0 amide bonds. The number of allylic oxidation sites excluding steroid dienone is 6. The molecule has 0 fully saturated rings. The van der Waals surface area contributed by atoms with Crippen molar-refractivity contribution in [3.8, 4) is 0 Å². The van der Waals surface area contributed by atoms with Gasteiger partial charge in [0.05, 0.1) is 0 Å². The SMILES string of the molecule is CC(C)(C)/C=C/C=C/C=C/C(C)(C)C. The Morgan fingerprint density at radius 1 is 0.500 bits per heavy atom. The van der Waals surface area contributed by atoms with Crippen LogP contribution < -0.4 is 0 Å². The van der Waals surface area contributed by atoms with Crippen LogP contribution in [0.3, 0.4) is 0 Å². The Kier molecular flexibility index (Phi) is 4.90. The largest absolute Gasteiger partial charge is 0.0791 e. The molecule has 0 aromatic carbocycles. The molecule has 0 heteroatoms. The van der Waals surface area contributed by atoms with E-state index >= 15 is 0 Å². The lowest BCUT2D eigenvalue weighted by molar-refractivity contribution is 0.543. The third kappa shape index (κ3) is 11.2. The van der Waals surface area contributed by atoms with E-state index in [0.29, 0.717) is 0 Å². The number of hydrogen-bond donors (Lipinski definition) is 0. The van der Waals surface area contributed by atoms with Crippen molar-refractivity contribution in [1.82, 2.24) is 0 Å². The molecule has 0 aromatic rings. The molecule has 14 heavy (non-hydrogen) atoms. The molecule has 0 spiro atoms. The van der Waals surface area contributed by atoms with Crippen LogP contribution in [0, 0.1) is 10.8 Å². The lowest BCUT2D eigenvalue weighted by Crippen LogP contribution is -1.98. The molecule has 0 radical (unpaired) electrons. The molecule has 0 aliphatic heterocycles. The van der Waals surface area contributed by atoms with Gasteiger partial charge >= 0.3 is 0 Å². The second kappa shape index (κ2) is 5.19. The highest BCUT2D eigenvalue weighted by molar-refractivity contribution is 5.14. The molecule has 0 aromatic heterocycles. The van der Waals surface area contributed by atoms with Crippen molar-refractivity contribution in [2.24, 2.45) is 10.8 Å². The minimum atomic E-state index is 0.276. The molecule has 0 unspecified atom stereocenters. The Labute approximate surface area is 89.4 Å². The normalized spacial score (nSPS) is 15.0. The maximum absolute atomic E-state index is 2.20. The van der Waals surface area contributed by atoms with Gasteiger partial charge in [-0.25, -0.2) is 0 Å². The van der Waals surface area contributed by atoms with Crippen molar-refractivity contribution in [3.63, 3.8) is 0 Å². The fourth-order valence-electron chi connectivity index (χ4n) is 0.817. The van der Waals surface area contributed by atoms with Crippen molar-refractivity contribution >= 4 is 0 Å². The second-order valence-corrected chi connectivity index (χ2v) is 5.84. The third-order valence-corrected chi connectivity index (χ3v) is 1.53. The average Bonchev–Trinajstić information content (AvgIpc) is 1.92. The summed E-state index contributed by atoms with van der Waals surface area (Å²) in [5.74, 6) is 0. The van der Waals surface area contributed by atoms with Crippen LogP contribution in [0.5, 0.6) is 0 Å². The van der Waals surface area contributed by atoms with Crippen LogP contribution in [0.1, 0.15) is 41.5 Å². The molecular weight excluding hydrogens is 168 g/mol. The van der Waals surface area contributed by atoms with Crippen molar-refractivity contribution < 1.29 is 0 Å². The summed E-state index contributed by atoms with van der Waals surface area (Å²) in [6.07, 6.45) is 12.8. The molecule has 0 saturated heterocycles. The van der Waals surface area contributed by atoms with Crippen molar-refractivity contribution in [1.29, 1.82) is 0 Å². The van der Waals surface area contributed by atoms with Gasteiger partial charge in [0, 0.05) is 0 Å². The molecule has 0 heterocycles. The third-order valence-electron chi connectivity index (χ3n) is 1.53. The van der Waals surface area contributed by atoms with Gasteiger partial charge in [0.2, 0.25) is 0 Å². The molecule has 0 N–H and O–H groups in total. The van der Waals surface area contributed by atoms with E-state index in [1.165, 1.54) is 0 Å². The predicted octanol–water partition coefficient (Wildman–Crippen LogP) is 4.75. The molecule has 0 bridgehead atoms. The fraction of sp³-hybridized carbons (Fsp3) is 0.571. The molecular formula is C14H24. The van der Waals surface area contributed by atoms with E-state index in [9.17, 15) is 0 Å². The van der Waals surface area contributed by atoms with Gasteiger partial charge in [0.25, 0.3) is 0 Å². The van der Waals surface area contributed by atoms with Crippen molar-refractivity contribution in [2.45, 2.75) is 41.5 Å². The molecule has 0 atom stereocenters. The van der Waals surface area contributed by atoms with Gasteiger partial charge in [-0.15, -0.1) is 0 Å². The van der Waals surface area contributed by atoms with Crippen LogP contribution >= 0.6 is 0 Å². The highest BCUT2D eigenvalue weighted by atomic mass is 14.1. The van der Waals surface area contributed by atoms with Crippen LogP contribution in [0.2, 0.25) is 0 Å². The van der Waals surface area contributed by atoms with Gasteiger partial charge in [0.15, 0.2) is 0 Å². The summed E-state index contributed by atoms with van der Waals surface area (Å²) >= 11 is 0. The van der Waals surface area contributed by atoms with Crippen LogP contribution in [-0.4, -0.2) is 0 Å². The van der Waals surface area contributed by atoms with Crippen LogP contribution in [0.15, 0.2) is 36.5 Å². The van der Waals surface area contributed by atoms with Gasteiger partial charge in [-0.05, 0) is 10.8 Å². The summed E-state index contributed by atoms with van der Waals surface area (Å²) in [6.45, 7) is 13.2. The lowest BCUT2D eigenvalue weighted by atomic mass is 9.96. The quantitative estimate of drug-likeness (QED) is 0.554. The minimum Gasteiger partial charge on any atom is -0.0791 e. The zero-order valence-electron chi connectivity index (χ0n) is 10.5. The topological polar surface area (TPSA) is 0 Å². The van der Waals surface area contributed by atoms with E-state index in [1.54, 1.807) is 0 Å². The Bertz CT molecular complexity index is 200. The van der Waals surface area contributed by atoms with Gasteiger partial charge in [-0.3, -0.25) is 0 Å². The summed E-state index contributed by atoms with van der Waals surface area (Å²) in [5.41, 5.74) is 0.552. The van der Waals surface area contributed by atoms with Gasteiger partial charge in [-0.2, -0.15) is 0 Å². The minimum absolute atomic E-state index is 0.276. The Morgan fingerprint density at radius 2 is 0.786 bits per heavy atom. The number of hydrogen-bond acceptors (Lipinski definition) is 0. The number of rotatable bonds is 2. The van der Waals surface area contributed by atoms with E-state index in [1.807, 2.05) is 0 Å². The highest BCUT2D eigenvalue weighted by Gasteiger charge is 2.02. The first-order valence-corrected chi connectivity index (χ1v) is 5.24. The summed E-state index contributed by atoms with van der Waals surface area (Å²) in [4.78, 5) is 0. The summed E-state index contributed by atoms with van der Waals surface area (Å²) in [5, 5.41) is 0. The first-order valence-electron chi connectivity index (χ1n) is 5.24. The van der Waals surface area contributed by atoms with Gasteiger partial charge < -0.3 is 0 Å². The fourth-order valence-corrected chi connectivity index (χ4v) is 0.817. The van der Waals surface area contributed by atoms with E-state index in [4.69, 9.17) is 0 Å². The zero-order valence-corrected chi connectivity index (χ0v) is 10.5. The molecule has 0 nitrogen and oxygen atoms in total. The van der Waals surface area contributed by atoms with Gasteiger partial charge in [0.1, 0.15) is 0 Å². The maximum atomic E-state index is 2.20. The van der Waals surface area contributed by atoms with E-state index < -0.39 is 0 Å². The zero-order chi connectivity index (χ0) is 11.2. The average molecular weight is 192 g/mol. The molecule has 0 saturated carbocycles.